The molecule has 0 aliphatic rings. The van der Waals surface area contributed by atoms with Crippen LogP contribution in [0.15, 0.2) is 24.3 Å². The van der Waals surface area contributed by atoms with Gasteiger partial charge in [-0.1, -0.05) is 12.1 Å². The lowest BCUT2D eigenvalue weighted by molar-refractivity contribution is -0.121. The van der Waals surface area contributed by atoms with Crippen molar-refractivity contribution in [3.8, 4) is 5.75 Å². The fourth-order valence-electron chi connectivity index (χ4n) is 1.54. The third kappa shape index (κ3) is 5.63. The fraction of sp³-hybridized carbons (Fsp3) is 0.462. The van der Waals surface area contributed by atoms with Crippen LogP contribution < -0.4 is 5.32 Å². The van der Waals surface area contributed by atoms with Gasteiger partial charge in [0.2, 0.25) is 5.91 Å². The largest absolute Gasteiger partial charge is 0.508 e. The number of carbonyl (C=O) groups excluding carboxylic acids is 1. The average Bonchev–Trinajstić information content (AvgIpc) is 2.26. The van der Waals surface area contributed by atoms with E-state index in [1.54, 1.807) is 30.0 Å². The van der Waals surface area contributed by atoms with Crippen LogP contribution in [-0.2, 0) is 11.2 Å². The van der Waals surface area contributed by atoms with Gasteiger partial charge >= 0.3 is 0 Å². The summed E-state index contributed by atoms with van der Waals surface area (Å²) in [4.78, 5) is 11.7. The van der Waals surface area contributed by atoms with Gasteiger partial charge in [-0.15, -0.1) is 0 Å². The zero-order chi connectivity index (χ0) is 12.7. The maximum absolute atomic E-state index is 11.7. The summed E-state index contributed by atoms with van der Waals surface area (Å²) in [6, 6.07) is 7.00. The molecule has 0 saturated carbocycles. The topological polar surface area (TPSA) is 49.3 Å². The molecule has 0 radical (unpaired) electrons. The molecule has 1 atom stereocenters. The second-order valence-electron chi connectivity index (χ2n) is 4.10. The first-order valence-electron chi connectivity index (χ1n) is 5.68. The zero-order valence-electron chi connectivity index (χ0n) is 10.3. The number of hydrogen-bond donors (Lipinski definition) is 2. The quantitative estimate of drug-likeness (QED) is 0.817. The molecule has 3 nitrogen and oxygen atoms in total. The summed E-state index contributed by atoms with van der Waals surface area (Å²) in [7, 11) is 0. The number of phenolic OH excluding ortho intramolecular Hbond substituents is 1. The lowest BCUT2D eigenvalue weighted by Crippen LogP contribution is -2.34. The smallest absolute Gasteiger partial charge is 0.224 e. The van der Waals surface area contributed by atoms with Gasteiger partial charge in [0.1, 0.15) is 5.75 Å². The van der Waals surface area contributed by atoms with Crippen LogP contribution in [0.5, 0.6) is 5.75 Å². The summed E-state index contributed by atoms with van der Waals surface area (Å²) in [5.74, 6) is 1.25. The van der Waals surface area contributed by atoms with E-state index in [4.69, 9.17) is 0 Å². The Morgan fingerprint density at radius 2 is 2.29 bits per heavy atom. The molecule has 0 fully saturated rings. The number of nitrogens with one attached hydrogen (secondary N) is 1. The first kappa shape index (κ1) is 13.9. The minimum atomic E-state index is 0.00389. The van der Waals surface area contributed by atoms with Crippen LogP contribution >= 0.6 is 11.8 Å². The number of phenols is 1. The van der Waals surface area contributed by atoms with E-state index < -0.39 is 0 Å². The highest BCUT2D eigenvalue weighted by atomic mass is 32.2. The van der Waals surface area contributed by atoms with Gasteiger partial charge in [-0.05, 0) is 43.0 Å². The first-order valence-corrected chi connectivity index (χ1v) is 7.07. The summed E-state index contributed by atoms with van der Waals surface area (Å²) in [6.07, 6.45) is 3.35. The number of amides is 1. The van der Waals surface area contributed by atoms with E-state index in [1.165, 1.54) is 0 Å². The molecule has 0 saturated heterocycles. The Morgan fingerprint density at radius 3 is 2.94 bits per heavy atom. The number of aromatic hydroxyl groups is 1. The number of rotatable bonds is 6. The molecule has 1 rings (SSSR count). The molecule has 1 aromatic carbocycles. The summed E-state index contributed by atoms with van der Waals surface area (Å²) in [5.41, 5.74) is 0.833. The van der Waals surface area contributed by atoms with Crippen molar-refractivity contribution >= 4 is 17.7 Å². The third-order valence-electron chi connectivity index (χ3n) is 2.44. The molecule has 4 heteroatoms. The molecular weight excluding hydrogens is 234 g/mol. The van der Waals surface area contributed by atoms with Crippen molar-refractivity contribution in [2.24, 2.45) is 0 Å². The van der Waals surface area contributed by atoms with E-state index >= 15 is 0 Å². The van der Waals surface area contributed by atoms with Gasteiger partial charge in [-0.3, -0.25) is 4.79 Å². The molecule has 2 N–H and O–H groups in total. The van der Waals surface area contributed by atoms with Crippen molar-refractivity contribution in [1.82, 2.24) is 5.32 Å². The molecule has 0 aliphatic carbocycles. The summed E-state index contributed by atoms with van der Waals surface area (Å²) in [6.45, 7) is 2.01. The van der Waals surface area contributed by atoms with E-state index in [0.717, 1.165) is 17.7 Å². The van der Waals surface area contributed by atoms with Gasteiger partial charge in [0.05, 0.1) is 6.42 Å². The summed E-state index contributed by atoms with van der Waals surface area (Å²) >= 11 is 1.78. The molecule has 0 spiro atoms. The van der Waals surface area contributed by atoms with Gasteiger partial charge in [-0.2, -0.15) is 11.8 Å². The second kappa shape index (κ2) is 7.22. The summed E-state index contributed by atoms with van der Waals surface area (Å²) in [5, 5.41) is 12.2. The Labute approximate surface area is 107 Å². The minimum Gasteiger partial charge on any atom is -0.508 e. The fourth-order valence-corrected chi connectivity index (χ4v) is 2.13. The minimum absolute atomic E-state index is 0.00389. The highest BCUT2D eigenvalue weighted by molar-refractivity contribution is 7.98. The zero-order valence-corrected chi connectivity index (χ0v) is 11.1. The van der Waals surface area contributed by atoms with Crippen molar-refractivity contribution < 1.29 is 9.90 Å². The Hall–Kier alpha value is -1.16. The Bertz CT molecular complexity index is 368. The van der Waals surface area contributed by atoms with E-state index in [-0.39, 0.29) is 17.7 Å². The second-order valence-corrected chi connectivity index (χ2v) is 5.08. The molecule has 1 unspecified atom stereocenters. The van der Waals surface area contributed by atoms with E-state index in [9.17, 15) is 9.90 Å². The van der Waals surface area contributed by atoms with Crippen LogP contribution in [0.2, 0.25) is 0 Å². The highest BCUT2D eigenvalue weighted by Gasteiger charge is 2.08. The Kier molecular flexibility index (Phi) is 5.91. The molecule has 17 heavy (non-hydrogen) atoms. The molecule has 0 aliphatic heterocycles. The predicted molar refractivity (Wildman–Crippen MR) is 72.4 cm³/mol. The van der Waals surface area contributed by atoms with Crippen LogP contribution in [-0.4, -0.2) is 29.1 Å². The van der Waals surface area contributed by atoms with Gasteiger partial charge in [0.25, 0.3) is 0 Å². The SMILES string of the molecule is CSCCC(C)NC(=O)Cc1cccc(O)c1. The maximum Gasteiger partial charge on any atom is 0.224 e. The number of thioether (sulfide) groups is 1. The van der Waals surface area contributed by atoms with E-state index in [1.807, 2.05) is 13.0 Å². The summed E-state index contributed by atoms with van der Waals surface area (Å²) < 4.78 is 0. The normalized spacial score (nSPS) is 12.1. The van der Waals surface area contributed by atoms with Crippen molar-refractivity contribution in [1.29, 1.82) is 0 Å². The van der Waals surface area contributed by atoms with Crippen LogP contribution in [0.3, 0.4) is 0 Å². The molecule has 0 aromatic heterocycles. The van der Waals surface area contributed by atoms with Gasteiger partial charge in [0, 0.05) is 6.04 Å². The Morgan fingerprint density at radius 1 is 1.53 bits per heavy atom. The molecule has 0 heterocycles. The number of hydrogen-bond acceptors (Lipinski definition) is 3. The predicted octanol–water partition coefficient (Wildman–Crippen LogP) is 2.19. The first-order chi connectivity index (χ1) is 8.11. The van der Waals surface area contributed by atoms with E-state index in [0.29, 0.717) is 6.42 Å². The van der Waals surface area contributed by atoms with Crippen molar-refractivity contribution in [2.45, 2.75) is 25.8 Å². The van der Waals surface area contributed by atoms with Crippen LogP contribution in [0, 0.1) is 0 Å². The third-order valence-corrected chi connectivity index (χ3v) is 3.08. The molecule has 1 amide bonds. The van der Waals surface area contributed by atoms with Gasteiger partial charge in [-0.25, -0.2) is 0 Å². The van der Waals surface area contributed by atoms with Crippen LogP contribution in [0.25, 0.3) is 0 Å². The van der Waals surface area contributed by atoms with Gasteiger partial charge < -0.3 is 10.4 Å². The highest BCUT2D eigenvalue weighted by Crippen LogP contribution is 2.11. The number of carbonyl (C=O) groups is 1. The van der Waals surface area contributed by atoms with Crippen molar-refractivity contribution in [3.63, 3.8) is 0 Å². The molecule has 1 aromatic rings. The number of benzene rings is 1. The molecule has 94 valence electrons. The van der Waals surface area contributed by atoms with Crippen molar-refractivity contribution in [2.75, 3.05) is 12.0 Å². The van der Waals surface area contributed by atoms with E-state index in [2.05, 4.69) is 11.6 Å². The monoisotopic (exact) mass is 253 g/mol. The molecular formula is C13H19NO2S. The van der Waals surface area contributed by atoms with Crippen molar-refractivity contribution in [3.05, 3.63) is 29.8 Å². The standard InChI is InChI=1S/C13H19NO2S/c1-10(6-7-17-2)14-13(16)9-11-4-3-5-12(15)8-11/h3-5,8,10,15H,6-7,9H2,1-2H3,(H,14,16). The molecule has 0 bridgehead atoms. The van der Waals surface area contributed by atoms with Gasteiger partial charge in [0.15, 0.2) is 0 Å². The maximum atomic E-state index is 11.7. The average molecular weight is 253 g/mol. The Balaban J connectivity index is 2.39. The van der Waals surface area contributed by atoms with Crippen LogP contribution in [0.1, 0.15) is 18.9 Å². The lowest BCUT2D eigenvalue weighted by atomic mass is 10.1. The van der Waals surface area contributed by atoms with Crippen LogP contribution in [0.4, 0.5) is 0 Å². The lowest BCUT2D eigenvalue weighted by Gasteiger charge is -2.13.